The van der Waals surface area contributed by atoms with Crippen LogP contribution >= 0.6 is 0 Å². The molecule has 0 saturated heterocycles. The van der Waals surface area contributed by atoms with Crippen LogP contribution in [0.15, 0.2) is 63.2 Å². The lowest BCUT2D eigenvalue weighted by molar-refractivity contribution is 0.581. The van der Waals surface area contributed by atoms with E-state index >= 15 is 0 Å². The fraction of sp³-hybridized carbons (Fsp3) is 0.111. The number of aromatic nitrogens is 2. The number of hydrogen-bond donors (Lipinski definition) is 1. The van der Waals surface area contributed by atoms with Crippen molar-refractivity contribution >= 4 is 25.7 Å². The lowest BCUT2D eigenvalue weighted by atomic mass is 10.2. The maximum Gasteiger partial charge on any atom is 0.284 e. The highest BCUT2D eigenvalue weighted by Crippen LogP contribution is 2.31. The first-order valence-electron chi connectivity index (χ1n) is 8.01. The highest BCUT2D eigenvalue weighted by molar-refractivity contribution is 7.92. The number of nitriles is 1. The highest BCUT2D eigenvalue weighted by atomic mass is 32.2. The van der Waals surface area contributed by atoms with Crippen molar-refractivity contribution in [1.82, 2.24) is 9.19 Å². The zero-order chi connectivity index (χ0) is 20.7. The van der Waals surface area contributed by atoms with E-state index in [1.54, 1.807) is 44.2 Å². The molecule has 8 nitrogen and oxygen atoms in total. The topological polar surface area (TPSA) is 136 Å². The fourth-order valence-corrected chi connectivity index (χ4v) is 5.27. The van der Waals surface area contributed by atoms with Crippen LogP contribution in [0.2, 0.25) is 0 Å². The second-order valence-corrected chi connectivity index (χ2v) is 9.81. The molecule has 0 fully saturated rings. The Kier molecular flexibility index (Phi) is 4.74. The Morgan fingerprint density at radius 3 is 1.82 bits per heavy atom. The maximum absolute atomic E-state index is 13.0. The largest absolute Gasteiger partial charge is 0.382 e. The van der Waals surface area contributed by atoms with E-state index in [4.69, 9.17) is 5.73 Å². The zero-order valence-corrected chi connectivity index (χ0v) is 16.6. The molecular formula is C18H16N4O4S2. The van der Waals surface area contributed by atoms with E-state index in [1.165, 1.54) is 24.3 Å². The van der Waals surface area contributed by atoms with Crippen LogP contribution in [0.5, 0.6) is 0 Å². The van der Waals surface area contributed by atoms with E-state index in [0.717, 1.165) is 11.1 Å². The van der Waals surface area contributed by atoms with Crippen LogP contribution < -0.4 is 5.73 Å². The van der Waals surface area contributed by atoms with Crippen LogP contribution in [0.1, 0.15) is 16.8 Å². The number of rotatable bonds is 4. The smallest absolute Gasteiger partial charge is 0.284 e. The molecule has 0 saturated carbocycles. The Labute approximate surface area is 162 Å². The quantitative estimate of drug-likeness (QED) is 0.687. The van der Waals surface area contributed by atoms with Crippen molar-refractivity contribution in [2.75, 3.05) is 5.73 Å². The fourth-order valence-electron chi connectivity index (χ4n) is 2.56. The molecule has 3 rings (SSSR count). The van der Waals surface area contributed by atoms with Gasteiger partial charge in [0.1, 0.15) is 6.07 Å². The summed E-state index contributed by atoms with van der Waals surface area (Å²) < 4.78 is 52.1. The summed E-state index contributed by atoms with van der Waals surface area (Å²) >= 11 is 0. The molecule has 28 heavy (non-hydrogen) atoms. The van der Waals surface area contributed by atoms with Crippen molar-refractivity contribution in [1.29, 1.82) is 5.26 Å². The SMILES string of the molecule is Cc1ccc(S(=O)(=O)c2c(C#N)nn(S(=O)(=O)c3ccc(C)cc3)c2N)cc1. The van der Waals surface area contributed by atoms with Crippen molar-refractivity contribution in [2.24, 2.45) is 0 Å². The molecule has 1 aromatic heterocycles. The van der Waals surface area contributed by atoms with E-state index in [1.807, 2.05) is 0 Å². The van der Waals surface area contributed by atoms with Crippen LogP contribution in [0.4, 0.5) is 5.82 Å². The van der Waals surface area contributed by atoms with Gasteiger partial charge in [0, 0.05) is 0 Å². The van der Waals surface area contributed by atoms with Gasteiger partial charge in [-0.2, -0.15) is 13.7 Å². The number of sulfone groups is 1. The Morgan fingerprint density at radius 1 is 0.893 bits per heavy atom. The summed E-state index contributed by atoms with van der Waals surface area (Å²) in [6, 6.07) is 13.4. The maximum atomic E-state index is 13.0. The Bertz CT molecular complexity index is 1300. The summed E-state index contributed by atoms with van der Waals surface area (Å²) in [5.74, 6) is -0.641. The summed E-state index contributed by atoms with van der Waals surface area (Å²) in [5, 5.41) is 13.0. The monoisotopic (exact) mass is 416 g/mol. The van der Waals surface area contributed by atoms with Gasteiger partial charge < -0.3 is 5.73 Å². The number of nitrogen functional groups attached to an aromatic ring is 1. The van der Waals surface area contributed by atoms with Crippen LogP contribution in [-0.2, 0) is 19.9 Å². The lowest BCUT2D eigenvalue weighted by Crippen LogP contribution is -2.17. The number of hydrogen-bond acceptors (Lipinski definition) is 7. The van der Waals surface area contributed by atoms with Crippen LogP contribution in [0.25, 0.3) is 0 Å². The molecule has 0 unspecified atom stereocenters. The van der Waals surface area contributed by atoms with Gasteiger partial charge in [-0.1, -0.05) is 35.4 Å². The third-order valence-corrected chi connectivity index (χ3v) is 7.53. The molecule has 144 valence electrons. The second kappa shape index (κ2) is 6.78. The predicted molar refractivity (Wildman–Crippen MR) is 102 cm³/mol. The minimum atomic E-state index is -4.28. The number of anilines is 1. The van der Waals surface area contributed by atoms with Gasteiger partial charge in [0.05, 0.1) is 9.79 Å². The molecule has 0 aliphatic rings. The highest BCUT2D eigenvalue weighted by Gasteiger charge is 2.33. The molecule has 10 heteroatoms. The average molecular weight is 416 g/mol. The molecule has 0 atom stereocenters. The molecule has 1 heterocycles. The van der Waals surface area contributed by atoms with Gasteiger partial charge in [0.15, 0.2) is 16.4 Å². The van der Waals surface area contributed by atoms with Gasteiger partial charge in [-0.15, -0.1) is 9.19 Å². The molecule has 2 aromatic carbocycles. The van der Waals surface area contributed by atoms with E-state index in [0.29, 0.717) is 4.09 Å². The van der Waals surface area contributed by atoms with E-state index in [-0.39, 0.29) is 9.79 Å². The Morgan fingerprint density at radius 2 is 1.36 bits per heavy atom. The molecule has 0 aliphatic heterocycles. The van der Waals surface area contributed by atoms with Gasteiger partial charge in [-0.25, -0.2) is 8.42 Å². The van der Waals surface area contributed by atoms with Gasteiger partial charge in [-0.05, 0) is 38.1 Å². The van der Waals surface area contributed by atoms with Crippen molar-refractivity contribution in [3.05, 3.63) is 65.4 Å². The Hall–Kier alpha value is -3.16. The number of nitrogens with zero attached hydrogens (tertiary/aromatic N) is 3. The standard InChI is InChI=1S/C18H16N4O4S2/c1-12-3-7-14(8-4-12)27(23,24)17-16(11-19)21-22(18(17)20)28(25,26)15-9-5-13(2)6-10-15/h3-10H,20H2,1-2H3. The Balaban J connectivity index is 2.24. The molecule has 0 radical (unpaired) electrons. The summed E-state index contributed by atoms with van der Waals surface area (Å²) in [6.45, 7) is 3.58. The van der Waals surface area contributed by atoms with Crippen LogP contribution in [0, 0.1) is 25.2 Å². The first kappa shape index (κ1) is 19.6. The van der Waals surface area contributed by atoms with Crippen LogP contribution in [-0.4, -0.2) is 26.0 Å². The van der Waals surface area contributed by atoms with E-state index < -0.39 is 36.3 Å². The van der Waals surface area contributed by atoms with E-state index in [9.17, 15) is 22.1 Å². The van der Waals surface area contributed by atoms with E-state index in [2.05, 4.69) is 5.10 Å². The number of aryl methyl sites for hydroxylation is 2. The normalized spacial score (nSPS) is 11.9. The zero-order valence-electron chi connectivity index (χ0n) is 15.0. The minimum Gasteiger partial charge on any atom is -0.382 e. The minimum absolute atomic E-state index is 0.117. The average Bonchev–Trinajstić information content (AvgIpc) is 3.00. The van der Waals surface area contributed by atoms with Crippen molar-refractivity contribution in [2.45, 2.75) is 28.5 Å². The molecule has 2 N–H and O–H groups in total. The molecule has 0 aliphatic carbocycles. The molecule has 0 bridgehead atoms. The van der Waals surface area contributed by atoms with Gasteiger partial charge in [-0.3, -0.25) is 0 Å². The summed E-state index contributed by atoms with van der Waals surface area (Å²) in [6.07, 6.45) is 0. The lowest BCUT2D eigenvalue weighted by Gasteiger charge is -2.08. The van der Waals surface area contributed by atoms with Gasteiger partial charge in [0.2, 0.25) is 9.84 Å². The number of benzene rings is 2. The first-order chi connectivity index (χ1) is 13.1. The molecule has 3 aromatic rings. The van der Waals surface area contributed by atoms with Crippen molar-refractivity contribution < 1.29 is 16.8 Å². The van der Waals surface area contributed by atoms with Gasteiger partial charge in [0.25, 0.3) is 10.0 Å². The van der Waals surface area contributed by atoms with Crippen LogP contribution in [0.3, 0.4) is 0 Å². The number of nitrogens with two attached hydrogens (primary N) is 1. The molecule has 0 spiro atoms. The van der Waals surface area contributed by atoms with Gasteiger partial charge >= 0.3 is 0 Å². The summed E-state index contributed by atoms with van der Waals surface area (Å²) in [7, 11) is -8.54. The summed E-state index contributed by atoms with van der Waals surface area (Å²) in [4.78, 5) is -0.876. The van der Waals surface area contributed by atoms with Crippen molar-refractivity contribution in [3.8, 4) is 6.07 Å². The molecule has 0 amide bonds. The summed E-state index contributed by atoms with van der Waals surface area (Å²) in [5.41, 5.74) is 6.97. The van der Waals surface area contributed by atoms with Crippen molar-refractivity contribution in [3.63, 3.8) is 0 Å². The predicted octanol–water partition coefficient (Wildman–Crippen LogP) is 2.02. The first-order valence-corrected chi connectivity index (χ1v) is 10.9. The third kappa shape index (κ3) is 3.15. The second-order valence-electron chi connectivity index (χ2n) is 6.15. The third-order valence-electron chi connectivity index (χ3n) is 4.10. The molecular weight excluding hydrogens is 400 g/mol.